The van der Waals surface area contributed by atoms with Gasteiger partial charge in [0.05, 0.1) is 0 Å². The SMILES string of the molecule is [CH-]1CCC(C2CC[CH-]CC2)CC1.[Re].[Re]. The Morgan fingerprint density at radius 1 is 0.571 bits per heavy atom. The van der Waals surface area contributed by atoms with E-state index < -0.39 is 0 Å². The van der Waals surface area contributed by atoms with Gasteiger partial charge in [-0.05, 0) is 11.8 Å². The normalized spacial score (nSPS) is 24.9. The molecule has 0 aromatic carbocycles. The largest absolute Gasteiger partial charge is 0.328 e. The van der Waals surface area contributed by atoms with Gasteiger partial charge in [0.2, 0.25) is 0 Å². The minimum Gasteiger partial charge on any atom is -0.328 e. The molecule has 2 radical (unpaired) electrons. The fraction of sp³-hybridized carbons (Fsp3) is 0.833. The van der Waals surface area contributed by atoms with Gasteiger partial charge in [-0.1, -0.05) is 25.7 Å². The summed E-state index contributed by atoms with van der Waals surface area (Å²) in [5.74, 6) is 2.17. The van der Waals surface area contributed by atoms with Crippen molar-refractivity contribution in [1.82, 2.24) is 0 Å². The molecule has 84 valence electrons. The van der Waals surface area contributed by atoms with Gasteiger partial charge in [-0.25, -0.2) is 0 Å². The van der Waals surface area contributed by atoms with E-state index in [1.54, 1.807) is 0 Å². The third-order valence-electron chi connectivity index (χ3n) is 3.63. The van der Waals surface area contributed by atoms with E-state index in [9.17, 15) is 0 Å². The Labute approximate surface area is 116 Å². The minimum absolute atomic E-state index is 0. The second-order valence-corrected chi connectivity index (χ2v) is 4.41. The molecule has 0 unspecified atom stereocenters. The third kappa shape index (κ3) is 4.45. The first kappa shape index (κ1) is 15.3. The van der Waals surface area contributed by atoms with Crippen molar-refractivity contribution in [2.24, 2.45) is 11.8 Å². The van der Waals surface area contributed by atoms with Crippen molar-refractivity contribution in [3.8, 4) is 0 Å². The van der Waals surface area contributed by atoms with Gasteiger partial charge in [-0.15, -0.1) is 0 Å². The van der Waals surface area contributed by atoms with Crippen molar-refractivity contribution in [2.75, 3.05) is 0 Å². The second-order valence-electron chi connectivity index (χ2n) is 4.41. The van der Waals surface area contributed by atoms with Gasteiger partial charge in [0.25, 0.3) is 0 Å². The van der Waals surface area contributed by atoms with Gasteiger partial charge < -0.3 is 12.8 Å². The topological polar surface area (TPSA) is 0 Å². The number of rotatable bonds is 1. The van der Waals surface area contributed by atoms with Gasteiger partial charge in [-0.2, -0.15) is 25.7 Å². The standard InChI is InChI=1S/C12H20.2Re/c1-3-7-11(8-4-1)12-9-5-2-6-10-12;;/h1-2,11-12H,3-10H2;;/q-2;;. The Bertz CT molecular complexity index is 108. The predicted octanol–water partition coefficient (Wildman–Crippen LogP) is 3.77. The van der Waals surface area contributed by atoms with Gasteiger partial charge in [0.1, 0.15) is 0 Å². The van der Waals surface area contributed by atoms with Crippen molar-refractivity contribution in [2.45, 2.75) is 51.4 Å². The van der Waals surface area contributed by atoms with Crippen molar-refractivity contribution in [3.63, 3.8) is 0 Å². The minimum atomic E-state index is 0. The Morgan fingerprint density at radius 3 is 1.14 bits per heavy atom. The Morgan fingerprint density at radius 2 is 0.857 bits per heavy atom. The van der Waals surface area contributed by atoms with E-state index in [0.717, 1.165) is 11.8 Å². The summed E-state index contributed by atoms with van der Waals surface area (Å²) in [7, 11) is 0. The molecule has 0 spiro atoms. The Hall–Kier alpha value is 1.32. The zero-order valence-electron chi connectivity index (χ0n) is 8.72. The molecule has 0 amide bonds. The van der Waals surface area contributed by atoms with Crippen LogP contribution in [0.25, 0.3) is 0 Å². The first-order valence-corrected chi connectivity index (χ1v) is 5.60. The monoisotopic (exact) mass is 538 g/mol. The molecule has 0 aliphatic heterocycles. The first-order chi connectivity index (χ1) is 5.97. The second kappa shape index (κ2) is 8.47. The molecule has 0 nitrogen and oxygen atoms in total. The number of hydrogen-bond donors (Lipinski definition) is 0. The molecule has 2 aliphatic rings. The molecule has 0 aromatic heterocycles. The van der Waals surface area contributed by atoms with Crippen LogP contribution in [0.3, 0.4) is 0 Å². The summed E-state index contributed by atoms with van der Waals surface area (Å²) in [5.41, 5.74) is 0. The maximum atomic E-state index is 2.48. The van der Waals surface area contributed by atoms with Crippen LogP contribution in [0, 0.1) is 24.7 Å². The molecule has 0 N–H and O–H groups in total. The molecule has 0 aromatic rings. The molecular formula is C12H20Re2-2. The van der Waals surface area contributed by atoms with Gasteiger partial charge in [0.15, 0.2) is 0 Å². The van der Waals surface area contributed by atoms with Crippen LogP contribution in [0.15, 0.2) is 0 Å². The zero-order valence-corrected chi connectivity index (χ0v) is 14.2. The summed E-state index contributed by atoms with van der Waals surface area (Å²) >= 11 is 0. The Balaban J connectivity index is 0.000000845. The van der Waals surface area contributed by atoms with E-state index in [4.69, 9.17) is 0 Å². The van der Waals surface area contributed by atoms with Crippen LogP contribution in [0.2, 0.25) is 0 Å². The van der Waals surface area contributed by atoms with E-state index in [-0.39, 0.29) is 40.8 Å². The smallest absolute Gasteiger partial charge is 0 e. The van der Waals surface area contributed by atoms with Crippen molar-refractivity contribution >= 4 is 0 Å². The molecule has 2 rings (SSSR count). The van der Waals surface area contributed by atoms with Crippen LogP contribution in [0.1, 0.15) is 51.4 Å². The van der Waals surface area contributed by atoms with Crippen molar-refractivity contribution in [1.29, 1.82) is 0 Å². The molecule has 2 saturated carbocycles. The molecule has 0 saturated heterocycles. The van der Waals surface area contributed by atoms with Crippen LogP contribution in [-0.4, -0.2) is 0 Å². The van der Waals surface area contributed by atoms with E-state index in [2.05, 4.69) is 12.8 Å². The average Bonchev–Trinajstić information content (AvgIpc) is 2.21. The summed E-state index contributed by atoms with van der Waals surface area (Å²) in [4.78, 5) is 0. The summed E-state index contributed by atoms with van der Waals surface area (Å²) in [6, 6.07) is 0. The Kier molecular flexibility index (Phi) is 9.28. The molecular weight excluding hydrogens is 517 g/mol. The zero-order chi connectivity index (χ0) is 8.23. The van der Waals surface area contributed by atoms with Crippen LogP contribution in [-0.2, 0) is 40.8 Å². The summed E-state index contributed by atoms with van der Waals surface area (Å²) in [5, 5.41) is 0. The third-order valence-corrected chi connectivity index (χ3v) is 3.63. The summed E-state index contributed by atoms with van der Waals surface area (Å²) in [6.07, 6.45) is 16.5. The van der Waals surface area contributed by atoms with Gasteiger partial charge >= 0.3 is 0 Å². The quantitative estimate of drug-likeness (QED) is 0.448. The van der Waals surface area contributed by atoms with Crippen LogP contribution in [0.5, 0.6) is 0 Å². The molecule has 0 bridgehead atoms. The van der Waals surface area contributed by atoms with E-state index in [1.807, 2.05) is 0 Å². The van der Waals surface area contributed by atoms with Gasteiger partial charge in [-0.3, -0.25) is 0 Å². The van der Waals surface area contributed by atoms with Crippen molar-refractivity contribution < 1.29 is 40.8 Å². The first-order valence-electron chi connectivity index (χ1n) is 5.60. The summed E-state index contributed by atoms with van der Waals surface area (Å²) in [6.45, 7) is 0. The van der Waals surface area contributed by atoms with Crippen LogP contribution < -0.4 is 0 Å². The van der Waals surface area contributed by atoms with Crippen LogP contribution in [0.4, 0.5) is 0 Å². The summed E-state index contributed by atoms with van der Waals surface area (Å²) < 4.78 is 0. The molecule has 2 aliphatic carbocycles. The van der Waals surface area contributed by atoms with Gasteiger partial charge in [0, 0.05) is 40.8 Å². The van der Waals surface area contributed by atoms with E-state index in [1.165, 1.54) is 51.4 Å². The molecule has 0 atom stereocenters. The van der Waals surface area contributed by atoms with E-state index >= 15 is 0 Å². The fourth-order valence-corrected chi connectivity index (χ4v) is 2.85. The van der Waals surface area contributed by atoms with Crippen LogP contribution >= 0.6 is 0 Å². The molecule has 14 heavy (non-hydrogen) atoms. The molecule has 0 heterocycles. The average molecular weight is 537 g/mol. The fourth-order valence-electron chi connectivity index (χ4n) is 2.85. The molecule has 2 fully saturated rings. The maximum Gasteiger partial charge on any atom is 0 e. The van der Waals surface area contributed by atoms with E-state index in [0.29, 0.717) is 0 Å². The number of hydrogen-bond acceptors (Lipinski definition) is 0. The van der Waals surface area contributed by atoms with Crippen molar-refractivity contribution in [3.05, 3.63) is 12.8 Å². The maximum absolute atomic E-state index is 2.48. The molecule has 2 heteroatoms. The predicted molar refractivity (Wildman–Crippen MR) is 52.5 cm³/mol.